The van der Waals surface area contributed by atoms with E-state index in [1.54, 1.807) is 0 Å². The summed E-state index contributed by atoms with van der Waals surface area (Å²) < 4.78 is 0. The van der Waals surface area contributed by atoms with E-state index in [1.165, 1.54) is 0 Å². The van der Waals surface area contributed by atoms with Crippen molar-refractivity contribution in [3.05, 3.63) is 71.8 Å². The van der Waals surface area contributed by atoms with Crippen molar-refractivity contribution in [1.82, 2.24) is 4.90 Å². The Hall–Kier alpha value is -2.42. The Morgan fingerprint density at radius 1 is 0.958 bits per heavy atom. The lowest BCUT2D eigenvalue weighted by atomic mass is 9.99. The summed E-state index contributed by atoms with van der Waals surface area (Å²) in [4.78, 5) is 6.88. The van der Waals surface area contributed by atoms with E-state index < -0.39 is 0 Å². The van der Waals surface area contributed by atoms with Crippen molar-refractivity contribution >= 4 is 11.7 Å². The average molecular weight is 321 g/mol. The summed E-state index contributed by atoms with van der Waals surface area (Å²) in [6.07, 6.45) is 1.11. The first-order valence-corrected chi connectivity index (χ1v) is 8.55. The lowest BCUT2D eigenvalue weighted by Gasteiger charge is -2.32. The molecule has 0 aliphatic heterocycles. The third kappa shape index (κ3) is 4.31. The van der Waals surface area contributed by atoms with Crippen molar-refractivity contribution < 1.29 is 0 Å². The molecule has 0 aromatic heterocycles. The predicted octanol–water partition coefficient (Wildman–Crippen LogP) is 4.83. The summed E-state index contributed by atoms with van der Waals surface area (Å²) in [5, 5.41) is 8.38. The third-order valence-electron chi connectivity index (χ3n) is 4.71. The number of nitrogens with zero attached hydrogens (tertiary/aromatic N) is 2. The van der Waals surface area contributed by atoms with Crippen LogP contribution in [0.25, 0.3) is 0 Å². The Morgan fingerprint density at radius 3 is 1.96 bits per heavy atom. The number of hydrogen-bond donors (Lipinski definition) is 1. The van der Waals surface area contributed by atoms with Crippen LogP contribution in [-0.4, -0.2) is 29.7 Å². The first kappa shape index (κ1) is 17.9. The van der Waals surface area contributed by atoms with Crippen LogP contribution in [-0.2, 0) is 0 Å². The number of rotatable bonds is 5. The van der Waals surface area contributed by atoms with Crippen LogP contribution in [0.4, 0.5) is 0 Å². The van der Waals surface area contributed by atoms with Crippen molar-refractivity contribution in [1.29, 1.82) is 5.41 Å². The molecule has 2 aromatic carbocycles. The third-order valence-corrected chi connectivity index (χ3v) is 4.71. The van der Waals surface area contributed by atoms with E-state index in [0.29, 0.717) is 12.0 Å². The molecule has 2 rings (SSSR count). The van der Waals surface area contributed by atoms with Gasteiger partial charge in [-0.15, -0.1) is 0 Å². The van der Waals surface area contributed by atoms with E-state index in [9.17, 15) is 0 Å². The minimum Gasteiger partial charge on any atom is -0.356 e. The average Bonchev–Trinajstić information content (AvgIpc) is 2.65. The van der Waals surface area contributed by atoms with Gasteiger partial charge in [-0.05, 0) is 12.8 Å². The highest BCUT2D eigenvalue weighted by atomic mass is 15.2. The molecule has 2 atom stereocenters. The standard InChI is InChI=1S/C21H27N3/c1-5-16(2)17(3)24(4)21(19-14-10-7-11-15-19)23-20(22)18-12-8-6-9-13-18/h6-17,22H,5H2,1-4H3/t16?,17-/m0/s1. The second-order valence-electron chi connectivity index (χ2n) is 6.25. The molecule has 0 saturated carbocycles. The summed E-state index contributed by atoms with van der Waals surface area (Å²) in [6.45, 7) is 6.69. The van der Waals surface area contributed by atoms with Gasteiger partial charge in [0, 0.05) is 24.2 Å². The molecule has 3 nitrogen and oxygen atoms in total. The quantitative estimate of drug-likeness (QED) is 0.622. The van der Waals surface area contributed by atoms with Crippen LogP contribution in [0.2, 0.25) is 0 Å². The molecule has 2 aromatic rings. The molecule has 0 aliphatic carbocycles. The highest BCUT2D eigenvalue weighted by Crippen LogP contribution is 2.17. The predicted molar refractivity (Wildman–Crippen MR) is 103 cm³/mol. The van der Waals surface area contributed by atoms with Crippen LogP contribution in [0, 0.1) is 11.3 Å². The van der Waals surface area contributed by atoms with Gasteiger partial charge in [0.15, 0.2) is 5.84 Å². The summed E-state index contributed by atoms with van der Waals surface area (Å²) in [6, 6.07) is 20.2. The Labute approximate surface area is 145 Å². The lowest BCUT2D eigenvalue weighted by Crippen LogP contribution is -2.40. The largest absolute Gasteiger partial charge is 0.356 e. The summed E-state index contributed by atoms with van der Waals surface area (Å²) in [5.74, 6) is 1.68. The molecule has 0 bridgehead atoms. The van der Waals surface area contributed by atoms with Crippen molar-refractivity contribution in [2.75, 3.05) is 7.05 Å². The number of benzene rings is 2. The Kier molecular flexibility index (Phi) is 6.30. The van der Waals surface area contributed by atoms with E-state index >= 15 is 0 Å². The van der Waals surface area contributed by atoms with E-state index in [-0.39, 0.29) is 5.84 Å². The minimum atomic E-state index is 0.289. The molecular formula is C21H27N3. The first-order valence-electron chi connectivity index (χ1n) is 8.55. The maximum absolute atomic E-state index is 8.38. The molecule has 126 valence electrons. The lowest BCUT2D eigenvalue weighted by molar-refractivity contribution is 0.288. The topological polar surface area (TPSA) is 39.5 Å². The van der Waals surface area contributed by atoms with Crippen LogP contribution in [0.15, 0.2) is 65.7 Å². The summed E-state index contributed by atoms with van der Waals surface area (Å²) >= 11 is 0. The smallest absolute Gasteiger partial charge is 0.154 e. The fraction of sp³-hybridized carbons (Fsp3) is 0.333. The van der Waals surface area contributed by atoms with Crippen LogP contribution >= 0.6 is 0 Å². The summed E-state index contributed by atoms with van der Waals surface area (Å²) in [5.41, 5.74) is 1.87. The highest BCUT2D eigenvalue weighted by molar-refractivity contribution is 6.10. The van der Waals surface area contributed by atoms with Gasteiger partial charge in [0.2, 0.25) is 0 Å². The fourth-order valence-electron chi connectivity index (χ4n) is 2.62. The van der Waals surface area contributed by atoms with Gasteiger partial charge in [-0.2, -0.15) is 0 Å². The summed E-state index contributed by atoms with van der Waals surface area (Å²) in [7, 11) is 2.07. The monoisotopic (exact) mass is 321 g/mol. The first-order chi connectivity index (χ1) is 11.5. The van der Waals surface area contributed by atoms with Crippen molar-refractivity contribution in [2.45, 2.75) is 33.2 Å². The van der Waals surface area contributed by atoms with E-state index in [1.807, 2.05) is 48.5 Å². The molecule has 0 saturated heterocycles. The second kappa shape index (κ2) is 8.44. The molecular weight excluding hydrogens is 294 g/mol. The molecule has 1 N–H and O–H groups in total. The van der Waals surface area contributed by atoms with Gasteiger partial charge in [-0.1, -0.05) is 80.9 Å². The Bertz CT molecular complexity index is 677. The van der Waals surface area contributed by atoms with Gasteiger partial charge in [0.25, 0.3) is 0 Å². The van der Waals surface area contributed by atoms with E-state index in [4.69, 9.17) is 5.41 Å². The van der Waals surface area contributed by atoms with Crippen molar-refractivity contribution in [2.24, 2.45) is 10.9 Å². The van der Waals surface area contributed by atoms with E-state index in [0.717, 1.165) is 23.4 Å². The highest BCUT2D eigenvalue weighted by Gasteiger charge is 2.20. The van der Waals surface area contributed by atoms with Gasteiger partial charge in [0.05, 0.1) is 0 Å². The molecule has 0 radical (unpaired) electrons. The van der Waals surface area contributed by atoms with Crippen molar-refractivity contribution in [3.8, 4) is 0 Å². The zero-order chi connectivity index (χ0) is 17.5. The molecule has 0 amide bonds. The van der Waals surface area contributed by atoms with Crippen LogP contribution in [0.1, 0.15) is 38.3 Å². The maximum Gasteiger partial charge on any atom is 0.154 e. The number of aliphatic imine (C=N–C) groups is 1. The SMILES string of the molecule is CCC(C)[C@H](C)N(C)C(=NC(=N)c1ccccc1)c1ccccc1. The molecule has 0 aliphatic rings. The van der Waals surface area contributed by atoms with Gasteiger partial charge in [-0.3, -0.25) is 5.41 Å². The van der Waals surface area contributed by atoms with Crippen LogP contribution in [0.3, 0.4) is 0 Å². The molecule has 3 heteroatoms. The van der Waals surface area contributed by atoms with Gasteiger partial charge < -0.3 is 4.90 Å². The van der Waals surface area contributed by atoms with Gasteiger partial charge in [-0.25, -0.2) is 4.99 Å². The number of amidine groups is 2. The normalized spacial score (nSPS) is 14.1. The molecule has 1 unspecified atom stereocenters. The zero-order valence-corrected chi connectivity index (χ0v) is 15.0. The Morgan fingerprint density at radius 2 is 1.46 bits per heavy atom. The Balaban J connectivity index is 2.40. The van der Waals surface area contributed by atoms with E-state index in [2.05, 4.69) is 49.8 Å². The maximum atomic E-state index is 8.38. The second-order valence-corrected chi connectivity index (χ2v) is 6.25. The van der Waals surface area contributed by atoms with Crippen molar-refractivity contribution in [3.63, 3.8) is 0 Å². The molecule has 0 spiro atoms. The number of nitrogens with one attached hydrogen (secondary N) is 1. The number of hydrogen-bond acceptors (Lipinski definition) is 1. The fourth-order valence-corrected chi connectivity index (χ4v) is 2.62. The van der Waals surface area contributed by atoms with Crippen LogP contribution < -0.4 is 0 Å². The zero-order valence-electron chi connectivity index (χ0n) is 15.0. The molecule has 0 fully saturated rings. The van der Waals surface area contributed by atoms with Crippen LogP contribution in [0.5, 0.6) is 0 Å². The minimum absolute atomic E-state index is 0.289. The van der Waals surface area contributed by atoms with Gasteiger partial charge >= 0.3 is 0 Å². The molecule has 24 heavy (non-hydrogen) atoms. The molecule has 0 heterocycles. The van der Waals surface area contributed by atoms with Gasteiger partial charge in [0.1, 0.15) is 5.84 Å².